The van der Waals surface area contributed by atoms with E-state index in [1.54, 1.807) is 18.4 Å². The maximum Gasteiger partial charge on any atom is 1.00 e. The Morgan fingerprint density at radius 1 is 0.560 bits per heavy atom. The van der Waals surface area contributed by atoms with Gasteiger partial charge in [0.15, 0.2) is 0 Å². The molecule has 0 amide bonds. The van der Waals surface area contributed by atoms with Crippen LogP contribution in [0.3, 0.4) is 0 Å². The third kappa shape index (κ3) is 5.85. The zero-order valence-corrected chi connectivity index (χ0v) is 16.8. The van der Waals surface area contributed by atoms with Crippen LogP contribution in [0, 0.1) is 6.26 Å². The predicted octanol–water partition coefficient (Wildman–Crippen LogP) is 4.25. The molecule has 0 saturated carbocycles. The van der Waals surface area contributed by atoms with Gasteiger partial charge in [-0.3, -0.25) is 0 Å². The van der Waals surface area contributed by atoms with Crippen molar-refractivity contribution in [1.82, 2.24) is 0 Å². The summed E-state index contributed by atoms with van der Waals surface area (Å²) >= 11 is 0. The van der Waals surface area contributed by atoms with Crippen molar-refractivity contribution in [3.8, 4) is 0 Å². The van der Waals surface area contributed by atoms with Crippen LogP contribution in [0.15, 0.2) is 114 Å². The van der Waals surface area contributed by atoms with Crippen molar-refractivity contribution in [2.24, 2.45) is 0 Å². The Kier molecular flexibility index (Phi) is 8.45. The van der Waals surface area contributed by atoms with E-state index in [0.717, 1.165) is 0 Å². The summed E-state index contributed by atoms with van der Waals surface area (Å²) < 4.78 is 4.46. The topological polar surface area (TPSA) is 13.1 Å². The molecular weight excluding hydrogens is 508 g/mol. The molecule has 0 atom stereocenters. The van der Waals surface area contributed by atoms with E-state index < -0.39 is 7.92 Å². The molecule has 128 valence electrons. The summed E-state index contributed by atoms with van der Waals surface area (Å²) in [7, 11) is -0.877. The van der Waals surface area contributed by atoms with Gasteiger partial charge in [0.25, 0.3) is 0 Å². The van der Waals surface area contributed by atoms with E-state index in [2.05, 4.69) is 102 Å². The Balaban J connectivity index is 0.000000325. The van der Waals surface area contributed by atoms with E-state index in [0.29, 0.717) is 0 Å². The third-order valence-corrected chi connectivity index (χ3v) is 6.30. The molecule has 0 fully saturated rings. The van der Waals surface area contributed by atoms with Gasteiger partial charge in [-0.1, -0.05) is 60.9 Å². The van der Waals surface area contributed by atoms with Gasteiger partial charge < -0.3 is 4.42 Å². The smallest absolute Gasteiger partial charge is 0.599 e. The predicted molar refractivity (Wildman–Crippen MR) is 104 cm³/mol. The zero-order valence-electron chi connectivity index (χ0n) is 13.6. The molecule has 0 saturated heterocycles. The minimum absolute atomic E-state index is 0. The molecule has 25 heavy (non-hydrogen) atoms. The van der Waals surface area contributed by atoms with Crippen molar-refractivity contribution in [1.29, 1.82) is 0 Å². The summed E-state index contributed by atoms with van der Waals surface area (Å²) in [5.41, 5.74) is 0. The van der Waals surface area contributed by atoms with E-state index in [4.69, 9.17) is 0 Å². The van der Waals surface area contributed by atoms with E-state index in [-0.39, 0.29) is 22.4 Å². The van der Waals surface area contributed by atoms with E-state index >= 15 is 0 Å². The summed E-state index contributed by atoms with van der Waals surface area (Å²) in [5.74, 6) is 0. The van der Waals surface area contributed by atoms with Gasteiger partial charge in [0.2, 0.25) is 0 Å². The minimum atomic E-state index is -0.877. The largest absolute Gasteiger partial charge is 1.00 e. The van der Waals surface area contributed by atoms with E-state index in [1.165, 1.54) is 15.9 Å². The van der Waals surface area contributed by atoms with Crippen LogP contribution >= 0.6 is 7.92 Å². The Bertz CT molecular complexity index is 691. The molecule has 0 aliphatic rings. The first-order valence-corrected chi connectivity index (χ1v) is 9.38. The fourth-order valence-electron chi connectivity index (χ4n) is 2.51. The first kappa shape index (κ1) is 19.4. The molecule has 0 unspecified atom stereocenters. The summed E-state index contributed by atoms with van der Waals surface area (Å²) in [6.07, 6.45) is 4.06. The van der Waals surface area contributed by atoms with Gasteiger partial charge in [0, 0.05) is 0 Å². The van der Waals surface area contributed by atoms with Crippen molar-refractivity contribution < 1.29 is 26.8 Å². The molecule has 1 aromatic heterocycles. The van der Waals surface area contributed by atoms with Gasteiger partial charge in [-0.15, -0.1) is 6.07 Å². The molecule has 0 aliphatic carbocycles. The third-order valence-electron chi connectivity index (χ3n) is 3.57. The zero-order chi connectivity index (χ0) is 16.5. The summed E-state index contributed by atoms with van der Waals surface area (Å²) in [6, 6.07) is 36.0. The molecule has 0 bridgehead atoms. The monoisotopic (exact) mass is 527 g/mol. The average Bonchev–Trinajstić information content (AvgIpc) is 3.25. The number of furan rings is 1. The number of rotatable bonds is 3. The standard InChI is InChI=1S/C18H15P.C4H3O.Au/c1-4-10-16(11-5-1)19(17-12-6-2-7-13-17)18-14-8-3-9-15-18;1-2-4-5-3-1;/h1-15H;1-3H;/q;-1;+1/p+1. The molecule has 3 heteroatoms. The maximum absolute atomic E-state index is 4.46. The fraction of sp³-hybridized carbons (Fsp3) is 0. The molecule has 0 radical (unpaired) electrons. The van der Waals surface area contributed by atoms with Gasteiger partial charge in [0.1, 0.15) is 15.9 Å². The summed E-state index contributed by atoms with van der Waals surface area (Å²) in [6.45, 7) is 0. The van der Waals surface area contributed by atoms with Crippen LogP contribution in [0.1, 0.15) is 0 Å². The van der Waals surface area contributed by atoms with E-state index in [9.17, 15) is 0 Å². The molecule has 1 nitrogen and oxygen atoms in total. The maximum atomic E-state index is 4.46. The van der Waals surface area contributed by atoms with Crippen molar-refractivity contribution in [3.63, 3.8) is 0 Å². The van der Waals surface area contributed by atoms with Crippen LogP contribution < -0.4 is 15.9 Å². The number of hydrogen-bond donors (Lipinski definition) is 0. The van der Waals surface area contributed by atoms with Crippen LogP contribution in [0.4, 0.5) is 0 Å². The fourth-order valence-corrected chi connectivity index (χ4v) is 5.09. The quantitative estimate of drug-likeness (QED) is 0.221. The van der Waals surface area contributed by atoms with Crippen LogP contribution in [0.2, 0.25) is 0 Å². The molecule has 1 heterocycles. The molecular formula is C22H19AuOP+. The van der Waals surface area contributed by atoms with Gasteiger partial charge in [0.05, 0.1) is 7.92 Å². The van der Waals surface area contributed by atoms with Crippen LogP contribution in [0.5, 0.6) is 0 Å². The molecule has 0 aliphatic heterocycles. The van der Waals surface area contributed by atoms with Gasteiger partial charge in [-0.25, -0.2) is 0 Å². The minimum Gasteiger partial charge on any atom is -0.599 e. The van der Waals surface area contributed by atoms with Crippen molar-refractivity contribution in [2.45, 2.75) is 0 Å². The van der Waals surface area contributed by atoms with Crippen LogP contribution in [-0.4, -0.2) is 0 Å². The second-order valence-electron chi connectivity index (χ2n) is 5.20. The Morgan fingerprint density at radius 2 is 0.960 bits per heavy atom. The Morgan fingerprint density at radius 3 is 1.20 bits per heavy atom. The first-order chi connectivity index (χ1) is 11.9. The number of hydrogen-bond acceptors (Lipinski definition) is 1. The van der Waals surface area contributed by atoms with Gasteiger partial charge in [-0.05, 0) is 42.7 Å². The normalized spacial score (nSPS) is 9.64. The SMILES string of the molecule is [Au+].[c-]1ccco1.c1ccc([PH+](c2ccccc2)c2ccccc2)cc1. The van der Waals surface area contributed by atoms with E-state index in [1.807, 2.05) is 0 Å². The van der Waals surface area contributed by atoms with Crippen LogP contribution in [0.25, 0.3) is 0 Å². The molecule has 0 N–H and O–H groups in total. The first-order valence-electron chi connectivity index (χ1n) is 7.88. The molecule has 0 spiro atoms. The van der Waals surface area contributed by atoms with Gasteiger partial charge in [-0.2, -0.15) is 6.07 Å². The van der Waals surface area contributed by atoms with Crippen LogP contribution in [-0.2, 0) is 22.4 Å². The summed E-state index contributed by atoms with van der Waals surface area (Å²) in [5, 5.41) is 4.31. The number of benzene rings is 3. The average molecular weight is 527 g/mol. The molecule has 3 aromatic carbocycles. The Labute approximate surface area is 166 Å². The summed E-state index contributed by atoms with van der Waals surface area (Å²) in [4.78, 5) is 0. The van der Waals surface area contributed by atoms with Crippen molar-refractivity contribution in [2.75, 3.05) is 0 Å². The van der Waals surface area contributed by atoms with Crippen molar-refractivity contribution in [3.05, 3.63) is 116 Å². The van der Waals surface area contributed by atoms with Gasteiger partial charge >= 0.3 is 22.4 Å². The molecule has 4 rings (SSSR count). The van der Waals surface area contributed by atoms with Crippen molar-refractivity contribution >= 4 is 23.8 Å². The second kappa shape index (κ2) is 10.9. The molecule has 4 aromatic rings. The second-order valence-corrected chi connectivity index (χ2v) is 7.69. The Hall–Kier alpha value is -1.89.